The number of carbonyl (C=O) groups excluding carboxylic acids is 1. The Balaban J connectivity index is 1.73. The van der Waals surface area contributed by atoms with E-state index in [1.807, 2.05) is 43.3 Å². The lowest BCUT2D eigenvalue weighted by Crippen LogP contribution is -2.37. The van der Waals surface area contributed by atoms with Crippen LogP contribution in [-0.4, -0.2) is 31.8 Å². The topological polar surface area (TPSA) is 72.5 Å². The van der Waals surface area contributed by atoms with Crippen LogP contribution in [0.4, 0.5) is 4.79 Å². The minimum atomic E-state index is -0.189. The molecule has 1 heterocycles. The number of carbonyl (C=O) groups is 1. The maximum Gasteiger partial charge on any atom is 0.315 e. The minimum Gasteiger partial charge on any atom is -0.493 e. The lowest BCUT2D eigenvalue weighted by Gasteiger charge is -2.14. The number of rotatable bonds is 8. The smallest absolute Gasteiger partial charge is 0.315 e. The molecule has 2 amide bonds. The van der Waals surface area contributed by atoms with Crippen LogP contribution in [0.1, 0.15) is 30.6 Å². The largest absolute Gasteiger partial charge is 0.493 e. The van der Waals surface area contributed by atoms with Gasteiger partial charge in [0.25, 0.3) is 0 Å². The van der Waals surface area contributed by atoms with Crippen LogP contribution in [0, 0.1) is 0 Å². The van der Waals surface area contributed by atoms with Crippen LogP contribution < -0.4 is 20.1 Å². The first-order valence-electron chi connectivity index (χ1n) is 8.30. The Bertz CT molecular complexity index is 677. The summed E-state index contributed by atoms with van der Waals surface area (Å²) in [4.78, 5) is 16.2. The van der Waals surface area contributed by atoms with E-state index in [9.17, 15) is 4.79 Å². The van der Waals surface area contributed by atoms with Gasteiger partial charge < -0.3 is 20.1 Å². The highest BCUT2D eigenvalue weighted by Gasteiger charge is 2.09. The first-order chi connectivity index (χ1) is 12.1. The third-order valence-electron chi connectivity index (χ3n) is 3.85. The number of nitrogens with zero attached hydrogens (tertiary/aromatic N) is 1. The second-order valence-corrected chi connectivity index (χ2v) is 5.67. The molecule has 0 fully saturated rings. The SMILES string of the molecule is COc1ccc(CCCNC(=O)N[C@@H](C)c2ccccn2)cc1OC. The van der Waals surface area contributed by atoms with Crippen molar-refractivity contribution in [3.63, 3.8) is 0 Å². The first-order valence-corrected chi connectivity index (χ1v) is 8.30. The van der Waals surface area contributed by atoms with Gasteiger partial charge in [-0.1, -0.05) is 12.1 Å². The number of benzene rings is 1. The van der Waals surface area contributed by atoms with Crippen molar-refractivity contribution in [1.29, 1.82) is 0 Å². The Morgan fingerprint density at radius 1 is 1.16 bits per heavy atom. The van der Waals surface area contributed by atoms with Gasteiger partial charge in [0.05, 0.1) is 26.0 Å². The summed E-state index contributed by atoms with van der Waals surface area (Å²) in [6, 6.07) is 11.2. The average molecular weight is 343 g/mol. The fraction of sp³-hybridized carbons (Fsp3) is 0.368. The molecule has 0 unspecified atom stereocenters. The van der Waals surface area contributed by atoms with Crippen molar-refractivity contribution in [2.24, 2.45) is 0 Å². The summed E-state index contributed by atoms with van der Waals surface area (Å²) in [6.07, 6.45) is 3.39. The number of ether oxygens (including phenoxy) is 2. The summed E-state index contributed by atoms with van der Waals surface area (Å²) in [5, 5.41) is 5.75. The highest BCUT2D eigenvalue weighted by molar-refractivity contribution is 5.74. The molecule has 6 nitrogen and oxygen atoms in total. The first kappa shape index (κ1) is 18.6. The molecule has 0 bridgehead atoms. The Kier molecular flexibility index (Phi) is 7.07. The van der Waals surface area contributed by atoms with Crippen LogP contribution in [0.2, 0.25) is 0 Å². The van der Waals surface area contributed by atoms with E-state index in [1.54, 1.807) is 20.4 Å². The molecule has 1 aromatic carbocycles. The molecule has 0 saturated heterocycles. The van der Waals surface area contributed by atoms with E-state index in [2.05, 4.69) is 15.6 Å². The molecule has 0 aliphatic rings. The summed E-state index contributed by atoms with van der Waals surface area (Å²) in [7, 11) is 3.24. The number of hydrogen-bond donors (Lipinski definition) is 2. The third kappa shape index (κ3) is 5.67. The van der Waals surface area contributed by atoms with Gasteiger partial charge in [-0.05, 0) is 49.6 Å². The molecule has 0 aliphatic heterocycles. The van der Waals surface area contributed by atoms with Crippen LogP contribution in [0.5, 0.6) is 11.5 Å². The van der Waals surface area contributed by atoms with Crippen molar-refractivity contribution in [3.05, 3.63) is 53.9 Å². The number of amides is 2. The van der Waals surface area contributed by atoms with Crippen molar-refractivity contribution in [3.8, 4) is 11.5 Å². The maximum absolute atomic E-state index is 11.9. The standard InChI is InChI=1S/C19H25N3O3/c1-14(16-8-4-5-11-20-16)22-19(23)21-12-6-7-15-9-10-17(24-2)18(13-15)25-3/h4-5,8-11,13-14H,6-7,12H2,1-3H3,(H2,21,22,23)/t14-/m0/s1. The van der Waals surface area contributed by atoms with Gasteiger partial charge in [0.2, 0.25) is 0 Å². The molecule has 6 heteroatoms. The molecule has 2 rings (SSSR count). The maximum atomic E-state index is 11.9. The molecule has 1 atom stereocenters. The molecule has 2 N–H and O–H groups in total. The second-order valence-electron chi connectivity index (χ2n) is 5.67. The number of aromatic nitrogens is 1. The lowest BCUT2D eigenvalue weighted by atomic mass is 10.1. The van der Waals surface area contributed by atoms with Crippen LogP contribution in [0.25, 0.3) is 0 Å². The van der Waals surface area contributed by atoms with E-state index in [4.69, 9.17) is 9.47 Å². The summed E-state index contributed by atoms with van der Waals surface area (Å²) in [5.41, 5.74) is 1.98. The van der Waals surface area contributed by atoms with Gasteiger partial charge in [0.1, 0.15) is 0 Å². The molecule has 25 heavy (non-hydrogen) atoms. The Morgan fingerprint density at radius 3 is 2.64 bits per heavy atom. The van der Waals surface area contributed by atoms with E-state index >= 15 is 0 Å². The Labute approximate surface area is 148 Å². The molecule has 0 radical (unpaired) electrons. The van der Waals surface area contributed by atoms with Gasteiger partial charge in [-0.15, -0.1) is 0 Å². The van der Waals surface area contributed by atoms with Gasteiger partial charge in [-0.25, -0.2) is 4.79 Å². The van der Waals surface area contributed by atoms with Crippen LogP contribution in [0.3, 0.4) is 0 Å². The predicted molar refractivity (Wildman–Crippen MR) is 97.1 cm³/mol. The van der Waals surface area contributed by atoms with Crippen molar-refractivity contribution in [2.45, 2.75) is 25.8 Å². The number of aryl methyl sites for hydroxylation is 1. The van der Waals surface area contributed by atoms with Crippen LogP contribution >= 0.6 is 0 Å². The number of methoxy groups -OCH3 is 2. The quantitative estimate of drug-likeness (QED) is 0.723. The van der Waals surface area contributed by atoms with E-state index in [0.29, 0.717) is 12.3 Å². The lowest BCUT2D eigenvalue weighted by molar-refractivity contribution is 0.237. The molecule has 1 aromatic heterocycles. The fourth-order valence-electron chi connectivity index (χ4n) is 2.48. The molecular weight excluding hydrogens is 318 g/mol. The van der Waals surface area contributed by atoms with Gasteiger partial charge >= 0.3 is 6.03 Å². The zero-order valence-electron chi connectivity index (χ0n) is 14.9. The van der Waals surface area contributed by atoms with E-state index in [1.165, 1.54) is 0 Å². The van der Waals surface area contributed by atoms with Gasteiger partial charge in [0, 0.05) is 12.7 Å². The summed E-state index contributed by atoms with van der Waals surface area (Å²) in [5.74, 6) is 1.43. The van der Waals surface area contributed by atoms with Crippen molar-refractivity contribution >= 4 is 6.03 Å². The Hall–Kier alpha value is -2.76. The summed E-state index contributed by atoms with van der Waals surface area (Å²) in [6.45, 7) is 2.50. The third-order valence-corrected chi connectivity index (χ3v) is 3.85. The Morgan fingerprint density at radius 2 is 1.96 bits per heavy atom. The zero-order valence-corrected chi connectivity index (χ0v) is 14.9. The predicted octanol–water partition coefficient (Wildman–Crippen LogP) is 3.09. The number of pyridine rings is 1. The number of urea groups is 1. The molecule has 134 valence electrons. The molecule has 0 saturated carbocycles. The molecule has 0 aliphatic carbocycles. The average Bonchev–Trinajstić information content (AvgIpc) is 2.65. The molecule has 2 aromatic rings. The van der Waals surface area contributed by atoms with E-state index in [0.717, 1.165) is 29.8 Å². The van der Waals surface area contributed by atoms with Gasteiger partial charge in [-0.3, -0.25) is 4.98 Å². The minimum absolute atomic E-state index is 0.132. The van der Waals surface area contributed by atoms with Crippen LogP contribution in [0.15, 0.2) is 42.6 Å². The van der Waals surface area contributed by atoms with E-state index < -0.39 is 0 Å². The highest BCUT2D eigenvalue weighted by Crippen LogP contribution is 2.27. The number of hydrogen-bond acceptors (Lipinski definition) is 4. The van der Waals surface area contributed by atoms with Crippen LogP contribution in [-0.2, 0) is 6.42 Å². The normalized spacial score (nSPS) is 11.5. The monoisotopic (exact) mass is 343 g/mol. The van der Waals surface area contributed by atoms with Crippen molar-refractivity contribution < 1.29 is 14.3 Å². The van der Waals surface area contributed by atoms with Gasteiger partial charge in [-0.2, -0.15) is 0 Å². The van der Waals surface area contributed by atoms with Crippen molar-refractivity contribution in [2.75, 3.05) is 20.8 Å². The molecule has 0 spiro atoms. The summed E-state index contributed by atoms with van der Waals surface area (Å²) < 4.78 is 10.5. The van der Waals surface area contributed by atoms with Crippen molar-refractivity contribution in [1.82, 2.24) is 15.6 Å². The highest BCUT2D eigenvalue weighted by atomic mass is 16.5. The fourth-order valence-corrected chi connectivity index (χ4v) is 2.48. The number of nitrogens with one attached hydrogen (secondary N) is 2. The summed E-state index contributed by atoms with van der Waals surface area (Å²) >= 11 is 0. The zero-order chi connectivity index (χ0) is 18.1. The van der Waals surface area contributed by atoms with E-state index in [-0.39, 0.29) is 12.1 Å². The molecular formula is C19H25N3O3. The second kappa shape index (κ2) is 9.52. The van der Waals surface area contributed by atoms with Gasteiger partial charge in [0.15, 0.2) is 11.5 Å².